The van der Waals surface area contributed by atoms with Gasteiger partial charge in [-0.25, -0.2) is 18.1 Å². The SMILES string of the molecule is CC(C)CN(C(=O)CSc1nc(C2CCCCC2)n(-c2ccccc2)n1)[C@H]1CCS(=O)(=O)C1. The van der Waals surface area contributed by atoms with Gasteiger partial charge < -0.3 is 4.90 Å². The number of carbonyl (C=O) groups excluding carboxylic acids is 1. The fourth-order valence-corrected chi connectivity index (χ4v) is 7.27. The van der Waals surface area contributed by atoms with Crippen molar-refractivity contribution in [1.29, 1.82) is 0 Å². The van der Waals surface area contributed by atoms with E-state index in [-0.39, 0.29) is 35.1 Å². The highest BCUT2D eigenvalue weighted by Crippen LogP contribution is 2.34. The fourth-order valence-electron chi connectivity index (χ4n) is 4.83. The number of aromatic nitrogens is 3. The Morgan fingerprint density at radius 3 is 2.52 bits per heavy atom. The summed E-state index contributed by atoms with van der Waals surface area (Å²) in [5.74, 6) is 2.06. The van der Waals surface area contributed by atoms with E-state index in [1.54, 1.807) is 4.90 Å². The summed E-state index contributed by atoms with van der Waals surface area (Å²) in [5, 5.41) is 5.38. The Labute approximate surface area is 201 Å². The van der Waals surface area contributed by atoms with Crippen LogP contribution in [0, 0.1) is 5.92 Å². The molecule has 33 heavy (non-hydrogen) atoms. The topological polar surface area (TPSA) is 85.2 Å². The quantitative estimate of drug-likeness (QED) is 0.519. The molecule has 2 aliphatic rings. The van der Waals surface area contributed by atoms with E-state index < -0.39 is 9.84 Å². The Hall–Kier alpha value is -1.87. The van der Waals surface area contributed by atoms with Crippen molar-refractivity contribution < 1.29 is 13.2 Å². The van der Waals surface area contributed by atoms with Crippen LogP contribution in [-0.2, 0) is 14.6 Å². The highest BCUT2D eigenvalue weighted by atomic mass is 32.2. The predicted octanol–water partition coefficient (Wildman–Crippen LogP) is 4.08. The summed E-state index contributed by atoms with van der Waals surface area (Å²) < 4.78 is 25.9. The van der Waals surface area contributed by atoms with Crippen molar-refractivity contribution in [3.8, 4) is 5.69 Å². The molecule has 9 heteroatoms. The van der Waals surface area contributed by atoms with Gasteiger partial charge in [0.1, 0.15) is 5.82 Å². The molecule has 2 fully saturated rings. The van der Waals surface area contributed by atoms with E-state index in [2.05, 4.69) is 13.8 Å². The second-order valence-electron chi connectivity index (χ2n) is 9.62. The number of thioether (sulfide) groups is 1. The van der Waals surface area contributed by atoms with Crippen molar-refractivity contribution in [2.75, 3.05) is 23.8 Å². The zero-order chi connectivity index (χ0) is 23.4. The summed E-state index contributed by atoms with van der Waals surface area (Å²) in [6, 6.07) is 9.83. The van der Waals surface area contributed by atoms with E-state index in [1.807, 2.05) is 35.0 Å². The first kappa shape index (κ1) is 24.3. The summed E-state index contributed by atoms with van der Waals surface area (Å²) in [7, 11) is -3.05. The predicted molar refractivity (Wildman–Crippen MR) is 132 cm³/mol. The van der Waals surface area contributed by atoms with E-state index in [0.29, 0.717) is 24.0 Å². The lowest BCUT2D eigenvalue weighted by Crippen LogP contribution is -2.44. The van der Waals surface area contributed by atoms with Crippen LogP contribution in [0.5, 0.6) is 0 Å². The average molecular weight is 491 g/mol. The highest BCUT2D eigenvalue weighted by molar-refractivity contribution is 7.99. The molecule has 180 valence electrons. The molecule has 1 aromatic carbocycles. The van der Waals surface area contributed by atoms with Crippen LogP contribution in [0.15, 0.2) is 35.5 Å². The first-order chi connectivity index (χ1) is 15.8. The molecule has 0 radical (unpaired) electrons. The average Bonchev–Trinajstić information content (AvgIpc) is 3.40. The monoisotopic (exact) mass is 490 g/mol. The van der Waals surface area contributed by atoms with E-state index in [0.717, 1.165) is 24.4 Å². The van der Waals surface area contributed by atoms with Gasteiger partial charge in [-0.05, 0) is 37.3 Å². The molecule has 1 amide bonds. The number of hydrogen-bond donors (Lipinski definition) is 0. The summed E-state index contributed by atoms with van der Waals surface area (Å²) in [6.07, 6.45) is 6.45. The third-order valence-electron chi connectivity index (χ3n) is 6.44. The number of hydrogen-bond acceptors (Lipinski definition) is 6. The number of benzene rings is 1. The maximum absolute atomic E-state index is 13.2. The molecule has 2 aromatic rings. The van der Waals surface area contributed by atoms with Crippen molar-refractivity contribution in [2.45, 2.75) is 69.5 Å². The lowest BCUT2D eigenvalue weighted by molar-refractivity contribution is -0.130. The van der Waals surface area contributed by atoms with Gasteiger partial charge in [0.25, 0.3) is 0 Å². The number of sulfone groups is 1. The van der Waals surface area contributed by atoms with E-state index in [9.17, 15) is 13.2 Å². The second-order valence-corrected chi connectivity index (χ2v) is 12.8. The highest BCUT2D eigenvalue weighted by Gasteiger charge is 2.35. The molecule has 1 atom stereocenters. The Morgan fingerprint density at radius 1 is 1.15 bits per heavy atom. The van der Waals surface area contributed by atoms with E-state index in [4.69, 9.17) is 10.1 Å². The van der Waals surface area contributed by atoms with Gasteiger partial charge in [0, 0.05) is 18.5 Å². The molecule has 0 bridgehead atoms. The van der Waals surface area contributed by atoms with Crippen LogP contribution in [0.3, 0.4) is 0 Å². The zero-order valence-electron chi connectivity index (χ0n) is 19.5. The van der Waals surface area contributed by atoms with Crippen molar-refractivity contribution in [1.82, 2.24) is 19.7 Å². The maximum atomic E-state index is 13.2. The van der Waals surface area contributed by atoms with Gasteiger partial charge in [0.05, 0.1) is 22.9 Å². The van der Waals surface area contributed by atoms with Crippen LogP contribution in [0.1, 0.15) is 64.1 Å². The van der Waals surface area contributed by atoms with E-state index >= 15 is 0 Å². The minimum absolute atomic E-state index is 0.0360. The smallest absolute Gasteiger partial charge is 0.233 e. The fraction of sp³-hybridized carbons (Fsp3) is 0.625. The molecular weight excluding hydrogens is 456 g/mol. The first-order valence-electron chi connectivity index (χ1n) is 12.0. The summed E-state index contributed by atoms with van der Waals surface area (Å²) >= 11 is 1.35. The molecule has 1 aliphatic heterocycles. The van der Waals surface area contributed by atoms with Crippen molar-refractivity contribution in [3.63, 3.8) is 0 Å². The molecule has 7 nitrogen and oxygen atoms in total. The number of carbonyl (C=O) groups is 1. The third-order valence-corrected chi connectivity index (χ3v) is 9.01. The van der Waals surface area contributed by atoms with Crippen LogP contribution >= 0.6 is 11.8 Å². The van der Waals surface area contributed by atoms with Crippen molar-refractivity contribution >= 4 is 27.5 Å². The molecule has 0 unspecified atom stereocenters. The molecule has 0 spiro atoms. The van der Waals surface area contributed by atoms with Gasteiger partial charge in [0.15, 0.2) is 9.84 Å². The number of nitrogens with zero attached hydrogens (tertiary/aromatic N) is 4. The van der Waals surface area contributed by atoms with Crippen LogP contribution in [0.25, 0.3) is 5.69 Å². The lowest BCUT2D eigenvalue weighted by atomic mass is 9.88. The Balaban J connectivity index is 1.50. The third kappa shape index (κ3) is 6.18. The molecule has 1 saturated carbocycles. The second kappa shape index (κ2) is 10.6. The van der Waals surface area contributed by atoms with Crippen LogP contribution in [0.2, 0.25) is 0 Å². The Morgan fingerprint density at radius 2 is 1.88 bits per heavy atom. The summed E-state index contributed by atoms with van der Waals surface area (Å²) in [4.78, 5) is 19.8. The van der Waals surface area contributed by atoms with Crippen molar-refractivity contribution in [3.05, 3.63) is 36.2 Å². The number of rotatable bonds is 8. The minimum Gasteiger partial charge on any atom is -0.338 e. The molecule has 0 N–H and O–H groups in total. The molecular formula is C24H34N4O3S2. The summed E-state index contributed by atoms with van der Waals surface area (Å²) in [6.45, 7) is 4.67. The van der Waals surface area contributed by atoms with Crippen LogP contribution in [-0.4, -0.2) is 63.8 Å². The van der Waals surface area contributed by atoms with Gasteiger partial charge in [-0.3, -0.25) is 4.79 Å². The number of para-hydroxylation sites is 1. The van der Waals surface area contributed by atoms with Crippen LogP contribution < -0.4 is 0 Å². The molecule has 1 saturated heterocycles. The molecule has 4 rings (SSSR count). The van der Waals surface area contributed by atoms with Gasteiger partial charge in [0.2, 0.25) is 11.1 Å². The molecule has 2 heterocycles. The first-order valence-corrected chi connectivity index (χ1v) is 14.8. The standard InChI is InChI=1S/C24H34N4O3S2/c1-18(2)15-27(21-13-14-33(30,31)17-21)22(29)16-32-24-25-23(19-9-5-3-6-10-19)28(26-24)20-11-7-4-8-12-20/h4,7-8,11-12,18-19,21H,3,5-6,9-10,13-17H2,1-2H3/t21-/m0/s1. The molecule has 1 aromatic heterocycles. The van der Waals surface area contributed by atoms with Crippen LogP contribution in [0.4, 0.5) is 0 Å². The minimum atomic E-state index is -3.05. The Kier molecular flexibility index (Phi) is 7.79. The maximum Gasteiger partial charge on any atom is 0.233 e. The number of amides is 1. The van der Waals surface area contributed by atoms with Gasteiger partial charge in [-0.15, -0.1) is 5.10 Å². The van der Waals surface area contributed by atoms with E-state index in [1.165, 1.54) is 31.0 Å². The summed E-state index contributed by atoms with van der Waals surface area (Å²) in [5.41, 5.74) is 0.987. The molecule has 1 aliphatic carbocycles. The van der Waals surface area contributed by atoms with Gasteiger partial charge >= 0.3 is 0 Å². The van der Waals surface area contributed by atoms with Crippen molar-refractivity contribution in [2.24, 2.45) is 5.92 Å². The zero-order valence-corrected chi connectivity index (χ0v) is 21.2. The van der Waals surface area contributed by atoms with Gasteiger partial charge in [-0.1, -0.05) is 63.1 Å². The largest absolute Gasteiger partial charge is 0.338 e. The Bertz CT molecular complexity index is 1050. The normalized spacial score (nSPS) is 20.9. The van der Waals surface area contributed by atoms with Gasteiger partial charge in [-0.2, -0.15) is 0 Å². The lowest BCUT2D eigenvalue weighted by Gasteiger charge is -2.29.